The third kappa shape index (κ3) is 1.57. The Bertz CT molecular complexity index is 867. The van der Waals surface area contributed by atoms with Gasteiger partial charge in [0.1, 0.15) is 0 Å². The van der Waals surface area contributed by atoms with Crippen LogP contribution in [0, 0.1) is 11.8 Å². The second-order valence-electron chi connectivity index (χ2n) is 6.38. The Kier molecular flexibility index (Phi) is 2.58. The van der Waals surface area contributed by atoms with E-state index in [1.165, 1.54) is 4.57 Å². The quantitative estimate of drug-likeness (QED) is 0.732. The minimum absolute atomic E-state index is 0.0917. The third-order valence-corrected chi connectivity index (χ3v) is 6.12. The number of allylic oxidation sites excluding steroid dienone is 4. The molecule has 1 aromatic heterocycles. The Morgan fingerprint density at radius 3 is 1.83 bits per heavy atom. The molecule has 2 N–H and O–H groups in total. The van der Waals surface area contributed by atoms with Crippen LogP contribution in [-0.4, -0.2) is 14.8 Å². The van der Waals surface area contributed by atoms with Crippen LogP contribution in [0.25, 0.3) is 5.69 Å². The van der Waals surface area contributed by atoms with E-state index in [4.69, 9.17) is 23.2 Å². The lowest BCUT2D eigenvalue weighted by atomic mass is 9.56. The normalized spacial score (nSPS) is 29.3. The number of hydrogen-bond donors (Lipinski definition) is 2. The number of benzene rings is 1. The maximum atomic E-state index is 10.8. The molecule has 0 amide bonds. The minimum Gasteiger partial charge on any atom is -0.494 e. The molecule has 0 aliphatic heterocycles. The number of aromatic hydroxyl groups is 2. The van der Waals surface area contributed by atoms with Gasteiger partial charge in [-0.25, -0.2) is 0 Å². The van der Waals surface area contributed by atoms with Gasteiger partial charge in [-0.05, 0) is 30.0 Å². The summed E-state index contributed by atoms with van der Waals surface area (Å²) in [5, 5.41) is 22.4. The van der Waals surface area contributed by atoms with Crippen LogP contribution in [0.5, 0.6) is 11.8 Å². The Hall–Kier alpha value is -1.84. The summed E-state index contributed by atoms with van der Waals surface area (Å²) in [6.45, 7) is 0. The molecule has 5 heteroatoms. The largest absolute Gasteiger partial charge is 0.494 e. The highest BCUT2D eigenvalue weighted by molar-refractivity contribution is 6.42. The van der Waals surface area contributed by atoms with Crippen molar-refractivity contribution in [3.05, 3.63) is 63.7 Å². The van der Waals surface area contributed by atoms with Crippen LogP contribution in [-0.2, 0) is 0 Å². The van der Waals surface area contributed by atoms with E-state index in [0.717, 1.165) is 11.1 Å². The molecular formula is C18H13Cl2NO2. The molecule has 23 heavy (non-hydrogen) atoms. The third-order valence-electron chi connectivity index (χ3n) is 5.38. The summed E-state index contributed by atoms with van der Waals surface area (Å²) in [4.78, 5) is 0. The molecule has 4 aliphatic rings. The van der Waals surface area contributed by atoms with E-state index < -0.39 is 0 Å². The van der Waals surface area contributed by atoms with Crippen LogP contribution in [0.3, 0.4) is 0 Å². The fraction of sp³-hybridized carbons (Fsp3) is 0.222. The van der Waals surface area contributed by atoms with Crippen molar-refractivity contribution in [1.82, 2.24) is 4.57 Å². The Labute approximate surface area is 143 Å². The first-order valence-electron chi connectivity index (χ1n) is 7.56. The molecule has 0 saturated carbocycles. The van der Waals surface area contributed by atoms with E-state index in [9.17, 15) is 10.2 Å². The SMILES string of the molecule is Oc1c2c(c(O)n1-c1ccc(Cl)c(Cl)c1)[C@@H]1C=C[C@H]2[C@H]2C=C[C@H]21. The fourth-order valence-corrected chi connectivity index (χ4v) is 4.56. The van der Waals surface area contributed by atoms with E-state index in [2.05, 4.69) is 24.3 Å². The Morgan fingerprint density at radius 2 is 1.35 bits per heavy atom. The highest BCUT2D eigenvalue weighted by Gasteiger charge is 2.49. The van der Waals surface area contributed by atoms with Gasteiger partial charge in [-0.15, -0.1) is 0 Å². The van der Waals surface area contributed by atoms with E-state index in [1.807, 2.05) is 0 Å². The molecule has 2 bridgehead atoms. The van der Waals surface area contributed by atoms with Crippen molar-refractivity contribution in [3.63, 3.8) is 0 Å². The van der Waals surface area contributed by atoms with Crippen LogP contribution < -0.4 is 0 Å². The maximum Gasteiger partial charge on any atom is 0.202 e. The zero-order valence-electron chi connectivity index (χ0n) is 11.9. The molecule has 4 atom stereocenters. The number of halogens is 2. The first-order chi connectivity index (χ1) is 11.1. The van der Waals surface area contributed by atoms with E-state index in [1.54, 1.807) is 18.2 Å². The van der Waals surface area contributed by atoms with Gasteiger partial charge in [0.15, 0.2) is 0 Å². The zero-order valence-corrected chi connectivity index (χ0v) is 13.5. The average Bonchev–Trinajstić information content (AvgIpc) is 2.75. The molecular weight excluding hydrogens is 333 g/mol. The molecule has 1 heterocycles. The Morgan fingerprint density at radius 1 is 0.783 bits per heavy atom. The van der Waals surface area contributed by atoms with Gasteiger partial charge >= 0.3 is 0 Å². The predicted molar refractivity (Wildman–Crippen MR) is 89.9 cm³/mol. The van der Waals surface area contributed by atoms with Crippen LogP contribution in [0.15, 0.2) is 42.5 Å². The lowest BCUT2D eigenvalue weighted by Gasteiger charge is -2.47. The molecule has 1 aromatic carbocycles. The van der Waals surface area contributed by atoms with Crippen LogP contribution in [0.4, 0.5) is 0 Å². The number of nitrogens with zero attached hydrogens (tertiary/aromatic N) is 1. The van der Waals surface area contributed by atoms with Gasteiger partial charge < -0.3 is 10.2 Å². The molecule has 0 fully saturated rings. The average molecular weight is 346 g/mol. The molecule has 0 unspecified atom stereocenters. The first kappa shape index (κ1) is 13.6. The predicted octanol–water partition coefficient (Wildman–Crippen LogP) is 4.75. The summed E-state index contributed by atoms with van der Waals surface area (Å²) < 4.78 is 1.46. The highest BCUT2D eigenvalue weighted by Crippen LogP contribution is 2.62. The molecule has 0 radical (unpaired) electrons. The van der Waals surface area contributed by atoms with Gasteiger partial charge in [-0.2, -0.15) is 0 Å². The van der Waals surface area contributed by atoms with Crippen LogP contribution >= 0.6 is 23.2 Å². The van der Waals surface area contributed by atoms with Gasteiger partial charge in [-0.3, -0.25) is 4.57 Å². The summed E-state index contributed by atoms with van der Waals surface area (Å²) >= 11 is 12.1. The smallest absolute Gasteiger partial charge is 0.202 e. The summed E-state index contributed by atoms with van der Waals surface area (Å²) in [6.07, 6.45) is 8.69. The summed E-state index contributed by atoms with van der Waals surface area (Å²) in [5.41, 5.74) is 2.28. The highest BCUT2D eigenvalue weighted by atomic mass is 35.5. The zero-order chi connectivity index (χ0) is 15.9. The van der Waals surface area contributed by atoms with Crippen molar-refractivity contribution in [2.45, 2.75) is 11.8 Å². The van der Waals surface area contributed by atoms with E-state index in [-0.39, 0.29) is 23.6 Å². The van der Waals surface area contributed by atoms with Gasteiger partial charge in [0.2, 0.25) is 11.8 Å². The maximum absolute atomic E-state index is 10.8. The molecule has 0 spiro atoms. The molecule has 4 aliphatic carbocycles. The van der Waals surface area contributed by atoms with E-state index in [0.29, 0.717) is 27.6 Å². The summed E-state index contributed by atoms with van der Waals surface area (Å²) in [5.74, 6) is 1.28. The van der Waals surface area contributed by atoms with Gasteiger partial charge in [0.05, 0.1) is 15.7 Å². The van der Waals surface area contributed by atoms with Gasteiger partial charge in [0, 0.05) is 23.0 Å². The Balaban J connectivity index is 1.75. The van der Waals surface area contributed by atoms with Gasteiger partial charge in [-0.1, -0.05) is 47.5 Å². The van der Waals surface area contributed by atoms with Gasteiger partial charge in [0.25, 0.3) is 0 Å². The molecule has 3 nitrogen and oxygen atoms in total. The van der Waals surface area contributed by atoms with Crippen molar-refractivity contribution in [1.29, 1.82) is 0 Å². The van der Waals surface area contributed by atoms with Crippen molar-refractivity contribution in [2.24, 2.45) is 11.8 Å². The number of rotatable bonds is 1. The van der Waals surface area contributed by atoms with Crippen LogP contribution in [0.2, 0.25) is 10.0 Å². The van der Waals surface area contributed by atoms with Crippen molar-refractivity contribution in [2.75, 3.05) is 0 Å². The second-order valence-corrected chi connectivity index (χ2v) is 7.20. The number of hydrogen-bond acceptors (Lipinski definition) is 2. The lowest BCUT2D eigenvalue weighted by molar-refractivity contribution is 0.306. The fourth-order valence-electron chi connectivity index (χ4n) is 4.27. The monoisotopic (exact) mass is 345 g/mol. The van der Waals surface area contributed by atoms with E-state index >= 15 is 0 Å². The molecule has 0 saturated heterocycles. The summed E-state index contributed by atoms with van der Waals surface area (Å²) in [7, 11) is 0. The molecule has 2 aromatic rings. The van der Waals surface area contributed by atoms with Crippen molar-refractivity contribution >= 4 is 23.2 Å². The molecule has 6 rings (SSSR count). The molecule has 116 valence electrons. The topological polar surface area (TPSA) is 45.4 Å². The lowest BCUT2D eigenvalue weighted by Crippen LogP contribution is -2.36. The summed E-state index contributed by atoms with van der Waals surface area (Å²) in [6, 6.07) is 5.05. The van der Waals surface area contributed by atoms with Crippen molar-refractivity contribution in [3.8, 4) is 17.4 Å². The van der Waals surface area contributed by atoms with Crippen molar-refractivity contribution < 1.29 is 10.2 Å². The van der Waals surface area contributed by atoms with Crippen LogP contribution in [0.1, 0.15) is 23.0 Å². The standard InChI is InChI=1S/C18H13Cl2NO2/c19-13-6-1-8(7-14(13)20)21-17(22)15-11-4-5-12(16(15)18(21)23)10-3-2-9(10)11/h1-7,9-12,22-23H/t9-,10+,11-,12+. The minimum atomic E-state index is 0.0917. The second kappa shape index (κ2) is 4.37. The number of aromatic nitrogens is 1. The first-order valence-corrected chi connectivity index (χ1v) is 8.32.